The molecule has 0 spiro atoms. The molecule has 0 bridgehead atoms. The molecule has 6 heteroatoms. The van der Waals surface area contributed by atoms with Gasteiger partial charge in [0, 0.05) is 20.0 Å². The van der Waals surface area contributed by atoms with Crippen molar-refractivity contribution in [1.82, 2.24) is 14.3 Å². The molecule has 0 amide bonds. The molecular weight excluding hydrogens is 250 g/mol. The topological polar surface area (TPSA) is 66.1 Å². The summed E-state index contributed by atoms with van der Waals surface area (Å²) >= 11 is 0. The molecule has 0 aromatic carbocycles. The molecule has 0 unspecified atom stereocenters. The predicted octanol–water partition coefficient (Wildman–Crippen LogP) is 1.78. The largest absolute Gasteiger partial charge is 0.332 e. The summed E-state index contributed by atoms with van der Waals surface area (Å²) in [6, 6.07) is 0. The maximum absolute atomic E-state index is 12.3. The van der Waals surface area contributed by atoms with Crippen LogP contribution in [-0.2, 0) is 16.4 Å². The molecule has 18 heavy (non-hydrogen) atoms. The van der Waals surface area contributed by atoms with E-state index in [4.69, 9.17) is 0 Å². The van der Waals surface area contributed by atoms with Crippen LogP contribution in [0.25, 0.3) is 0 Å². The molecule has 1 aliphatic carbocycles. The average Bonchev–Trinajstić information content (AvgIpc) is 2.99. The number of aromatic amines is 1. The summed E-state index contributed by atoms with van der Waals surface area (Å²) in [5, 5.41) is 0.208. The molecule has 5 nitrogen and oxygen atoms in total. The zero-order chi connectivity index (χ0) is 13.2. The maximum Gasteiger partial charge on any atom is 0.259 e. The monoisotopic (exact) mass is 271 g/mol. The van der Waals surface area contributed by atoms with Crippen molar-refractivity contribution in [2.24, 2.45) is 5.92 Å². The Morgan fingerprint density at radius 1 is 1.44 bits per heavy atom. The van der Waals surface area contributed by atoms with Crippen molar-refractivity contribution >= 4 is 10.0 Å². The van der Waals surface area contributed by atoms with Gasteiger partial charge in [0.25, 0.3) is 10.0 Å². The van der Waals surface area contributed by atoms with Gasteiger partial charge in [-0.05, 0) is 18.8 Å². The van der Waals surface area contributed by atoms with E-state index < -0.39 is 10.0 Å². The minimum absolute atomic E-state index is 0.208. The number of rotatable bonds is 5. The number of nitrogens with zero attached hydrogens (tertiary/aromatic N) is 2. The summed E-state index contributed by atoms with van der Waals surface area (Å²) in [5.74, 6) is 1.22. The van der Waals surface area contributed by atoms with Crippen molar-refractivity contribution in [3.8, 4) is 0 Å². The van der Waals surface area contributed by atoms with Gasteiger partial charge in [0.1, 0.15) is 5.82 Å². The van der Waals surface area contributed by atoms with Crippen molar-refractivity contribution in [2.45, 2.75) is 44.1 Å². The first-order valence-corrected chi connectivity index (χ1v) is 7.98. The van der Waals surface area contributed by atoms with E-state index >= 15 is 0 Å². The molecule has 0 aliphatic heterocycles. The van der Waals surface area contributed by atoms with Crippen molar-refractivity contribution in [1.29, 1.82) is 0 Å². The second kappa shape index (κ2) is 5.40. The van der Waals surface area contributed by atoms with Crippen molar-refractivity contribution in [3.05, 3.63) is 12.0 Å². The van der Waals surface area contributed by atoms with Gasteiger partial charge in [-0.2, -0.15) is 4.31 Å². The van der Waals surface area contributed by atoms with Crippen LogP contribution in [-0.4, -0.2) is 36.3 Å². The fourth-order valence-electron chi connectivity index (χ4n) is 2.48. The Hall–Kier alpha value is -0.880. The number of aryl methyl sites for hydroxylation is 1. The van der Waals surface area contributed by atoms with Crippen LogP contribution in [0.15, 0.2) is 11.2 Å². The first kappa shape index (κ1) is 13.5. The third kappa shape index (κ3) is 2.75. The van der Waals surface area contributed by atoms with E-state index in [1.54, 1.807) is 7.05 Å². The molecule has 102 valence electrons. The van der Waals surface area contributed by atoms with Crippen molar-refractivity contribution in [2.75, 3.05) is 13.6 Å². The number of aromatic nitrogens is 2. The van der Waals surface area contributed by atoms with Crippen molar-refractivity contribution in [3.63, 3.8) is 0 Å². The Kier molecular flexibility index (Phi) is 4.07. The summed E-state index contributed by atoms with van der Waals surface area (Å²) < 4.78 is 26.1. The number of sulfonamides is 1. The normalized spacial score (nSPS) is 17.7. The number of hydrogen-bond donors (Lipinski definition) is 1. The summed E-state index contributed by atoms with van der Waals surface area (Å²) in [7, 11) is -1.75. The van der Waals surface area contributed by atoms with Crippen LogP contribution >= 0.6 is 0 Å². The molecule has 1 aromatic heterocycles. The molecular formula is C12H21N3O2S. The first-order valence-electron chi connectivity index (χ1n) is 6.54. The fourth-order valence-corrected chi connectivity index (χ4v) is 3.65. The van der Waals surface area contributed by atoms with Gasteiger partial charge in [-0.25, -0.2) is 13.4 Å². The summed E-state index contributed by atoms with van der Waals surface area (Å²) in [4.78, 5) is 6.92. The summed E-state index contributed by atoms with van der Waals surface area (Å²) in [5.41, 5.74) is 0. The highest BCUT2D eigenvalue weighted by Crippen LogP contribution is 2.26. The molecule has 1 N–H and O–H groups in total. The van der Waals surface area contributed by atoms with Crippen LogP contribution in [0.5, 0.6) is 0 Å². The molecule has 1 heterocycles. The van der Waals surface area contributed by atoms with Crippen LogP contribution in [0.2, 0.25) is 0 Å². The smallest absolute Gasteiger partial charge is 0.259 e. The Morgan fingerprint density at radius 3 is 2.67 bits per heavy atom. The zero-order valence-corrected chi connectivity index (χ0v) is 11.8. The van der Waals surface area contributed by atoms with Crippen molar-refractivity contribution < 1.29 is 8.42 Å². The Bertz CT molecular complexity index is 489. The van der Waals surface area contributed by atoms with E-state index in [9.17, 15) is 8.42 Å². The van der Waals surface area contributed by atoms with Gasteiger partial charge in [0.15, 0.2) is 5.03 Å². The van der Waals surface area contributed by atoms with Crippen LogP contribution in [0.3, 0.4) is 0 Å². The maximum atomic E-state index is 12.3. The fraction of sp³-hybridized carbons (Fsp3) is 0.750. The van der Waals surface area contributed by atoms with Gasteiger partial charge < -0.3 is 4.98 Å². The van der Waals surface area contributed by atoms with Crippen LogP contribution in [0.4, 0.5) is 0 Å². The number of H-pyrrole nitrogens is 1. The lowest BCUT2D eigenvalue weighted by molar-refractivity contribution is 0.386. The summed E-state index contributed by atoms with van der Waals surface area (Å²) in [6.45, 7) is 2.56. The van der Waals surface area contributed by atoms with Crippen LogP contribution < -0.4 is 0 Å². The second-order valence-corrected chi connectivity index (χ2v) is 7.00. The Morgan fingerprint density at radius 2 is 2.11 bits per heavy atom. The molecule has 1 fully saturated rings. The lowest BCUT2D eigenvalue weighted by Crippen LogP contribution is -2.31. The minimum Gasteiger partial charge on any atom is -0.332 e. The van der Waals surface area contributed by atoms with E-state index in [-0.39, 0.29) is 5.03 Å². The number of nitrogens with one attached hydrogen (secondary N) is 1. The first-order chi connectivity index (χ1) is 8.54. The predicted molar refractivity (Wildman–Crippen MR) is 69.7 cm³/mol. The highest BCUT2D eigenvalue weighted by atomic mass is 32.2. The Balaban J connectivity index is 2.09. The third-order valence-electron chi connectivity index (χ3n) is 3.62. The van der Waals surface area contributed by atoms with Gasteiger partial charge in [0.2, 0.25) is 0 Å². The summed E-state index contributed by atoms with van der Waals surface area (Å²) in [6.07, 6.45) is 6.86. The van der Waals surface area contributed by atoms with Crippen LogP contribution in [0.1, 0.15) is 38.4 Å². The van der Waals surface area contributed by atoms with Gasteiger partial charge in [-0.1, -0.05) is 19.8 Å². The van der Waals surface area contributed by atoms with Gasteiger partial charge in [-0.3, -0.25) is 0 Å². The molecule has 1 saturated carbocycles. The second-order valence-electron chi connectivity index (χ2n) is 4.98. The third-order valence-corrected chi connectivity index (χ3v) is 5.35. The molecule has 1 aliphatic rings. The highest BCUT2D eigenvalue weighted by molar-refractivity contribution is 7.89. The van der Waals surface area contributed by atoms with Gasteiger partial charge >= 0.3 is 0 Å². The number of hydrogen-bond acceptors (Lipinski definition) is 3. The molecule has 0 saturated heterocycles. The van der Waals surface area contributed by atoms with Gasteiger partial charge in [0.05, 0.1) is 6.20 Å². The standard InChI is InChI=1S/C12H21N3O2S/c1-3-11-13-8-12(14-11)18(16,17)15(2)9-10-6-4-5-7-10/h8,10H,3-7,9H2,1-2H3,(H,13,14). The molecule has 0 radical (unpaired) electrons. The van der Waals surface area contributed by atoms with E-state index in [1.165, 1.54) is 23.3 Å². The van der Waals surface area contributed by atoms with E-state index in [1.807, 2.05) is 6.92 Å². The quantitative estimate of drug-likeness (QED) is 0.887. The van der Waals surface area contributed by atoms with Gasteiger partial charge in [-0.15, -0.1) is 0 Å². The van der Waals surface area contributed by atoms with E-state index in [0.717, 1.165) is 12.8 Å². The van der Waals surface area contributed by atoms with Crippen LogP contribution in [0, 0.1) is 5.92 Å². The lowest BCUT2D eigenvalue weighted by Gasteiger charge is -2.19. The zero-order valence-electron chi connectivity index (χ0n) is 11.0. The molecule has 0 atom stereocenters. The Labute approximate surface area is 109 Å². The lowest BCUT2D eigenvalue weighted by atomic mass is 10.1. The minimum atomic E-state index is -3.40. The average molecular weight is 271 g/mol. The molecule has 1 aromatic rings. The van der Waals surface area contributed by atoms with E-state index in [0.29, 0.717) is 24.7 Å². The SMILES string of the molecule is CCc1ncc(S(=O)(=O)N(C)CC2CCCC2)[nH]1. The molecule has 2 rings (SSSR count). The number of imidazole rings is 1. The van der Waals surface area contributed by atoms with E-state index in [2.05, 4.69) is 9.97 Å². The highest BCUT2D eigenvalue weighted by Gasteiger charge is 2.26.